The van der Waals surface area contributed by atoms with E-state index >= 15 is 0 Å². The second-order valence-corrected chi connectivity index (χ2v) is 10.9. The molecule has 1 saturated heterocycles. The van der Waals surface area contributed by atoms with Gasteiger partial charge in [0, 0.05) is 55.1 Å². The molecular weight excluding hydrogens is 523 g/mol. The third-order valence-corrected chi connectivity index (χ3v) is 7.92. The summed E-state index contributed by atoms with van der Waals surface area (Å²) in [5.74, 6) is -0.402. The van der Waals surface area contributed by atoms with Crippen molar-refractivity contribution >= 4 is 23.2 Å². The second kappa shape index (κ2) is 10.9. The second-order valence-electron chi connectivity index (χ2n) is 10.5. The van der Waals surface area contributed by atoms with E-state index in [1.807, 2.05) is 29.2 Å². The number of hydrogen-bond acceptors (Lipinski definition) is 3. The molecule has 3 aromatic carbocycles. The van der Waals surface area contributed by atoms with Crippen molar-refractivity contribution in [2.45, 2.75) is 20.4 Å². The highest BCUT2D eigenvalue weighted by atomic mass is 35.5. The molecule has 0 atom stereocenters. The van der Waals surface area contributed by atoms with Crippen molar-refractivity contribution in [2.24, 2.45) is 0 Å². The lowest BCUT2D eigenvalue weighted by atomic mass is 10.00. The Hall–Kier alpha value is -4.00. The van der Waals surface area contributed by atoms with Gasteiger partial charge in [-0.3, -0.25) is 9.69 Å². The number of piperazine rings is 1. The largest absolute Gasteiger partial charge is 0.336 e. The van der Waals surface area contributed by atoms with Crippen LogP contribution in [0.4, 0.5) is 4.39 Å². The number of benzene rings is 3. The Kier molecular flexibility index (Phi) is 7.13. The molecule has 0 radical (unpaired) electrons. The fourth-order valence-electron chi connectivity index (χ4n) is 5.39. The highest BCUT2D eigenvalue weighted by Crippen LogP contribution is 2.31. The van der Waals surface area contributed by atoms with Gasteiger partial charge in [-0.05, 0) is 79.1 Å². The monoisotopic (exact) mass is 552 g/mol. The highest BCUT2D eigenvalue weighted by molar-refractivity contribution is 6.30. The lowest BCUT2D eigenvalue weighted by molar-refractivity contribution is 0.0627. The number of hydrogen-bond donors (Lipinski definition) is 0. The number of aryl methyl sites for hydroxylation is 2. The van der Waals surface area contributed by atoms with Crippen LogP contribution in [0.15, 0.2) is 85.1 Å². The minimum absolute atomic E-state index is 0.0607. The van der Waals surface area contributed by atoms with Crippen molar-refractivity contribution in [2.75, 3.05) is 26.2 Å². The molecule has 3 heterocycles. The molecule has 1 aliphatic heterocycles. The van der Waals surface area contributed by atoms with Gasteiger partial charge in [0.05, 0.1) is 11.4 Å². The first-order chi connectivity index (χ1) is 19.4. The van der Waals surface area contributed by atoms with Crippen LogP contribution in [-0.2, 0) is 6.54 Å². The van der Waals surface area contributed by atoms with Gasteiger partial charge in [0.2, 0.25) is 0 Å². The van der Waals surface area contributed by atoms with Gasteiger partial charge in [-0.25, -0.2) is 9.37 Å². The fourth-order valence-corrected chi connectivity index (χ4v) is 5.51. The average molecular weight is 553 g/mol. The standard InChI is InChI=1S/C33H30ClFN4O/c1-22-3-4-23(2)29(19-22)26-9-14-31-36-32(24-5-10-27(34)11-6-24)30(39(31)20-26)21-37-15-17-38(18-16-37)33(40)25-7-12-28(35)13-8-25/h3-14,19-20H,15-18,21H2,1-2H3. The summed E-state index contributed by atoms with van der Waals surface area (Å²) >= 11 is 6.20. The number of nitrogens with zero attached hydrogens (tertiary/aromatic N) is 4. The van der Waals surface area contributed by atoms with Gasteiger partial charge in [-0.2, -0.15) is 0 Å². The van der Waals surface area contributed by atoms with E-state index in [1.165, 1.54) is 28.8 Å². The molecule has 0 saturated carbocycles. The van der Waals surface area contributed by atoms with Gasteiger partial charge in [0.25, 0.3) is 5.91 Å². The third-order valence-electron chi connectivity index (χ3n) is 7.66. The van der Waals surface area contributed by atoms with Gasteiger partial charge in [-0.1, -0.05) is 47.5 Å². The topological polar surface area (TPSA) is 40.9 Å². The number of carbonyl (C=O) groups is 1. The number of carbonyl (C=O) groups excluding carboxylic acids is 1. The Bertz CT molecular complexity index is 1690. The van der Waals surface area contributed by atoms with Crippen molar-refractivity contribution in [1.82, 2.24) is 19.2 Å². The molecule has 0 spiro atoms. The number of rotatable bonds is 5. The van der Waals surface area contributed by atoms with E-state index in [0.29, 0.717) is 30.2 Å². The Morgan fingerprint density at radius 3 is 2.30 bits per heavy atom. The van der Waals surface area contributed by atoms with Crippen molar-refractivity contribution < 1.29 is 9.18 Å². The molecule has 40 heavy (non-hydrogen) atoms. The van der Waals surface area contributed by atoms with Gasteiger partial charge < -0.3 is 9.30 Å². The lowest BCUT2D eigenvalue weighted by Gasteiger charge is -2.34. The maximum Gasteiger partial charge on any atom is 0.253 e. The van der Waals surface area contributed by atoms with E-state index in [4.69, 9.17) is 16.6 Å². The number of amides is 1. The summed E-state index contributed by atoms with van der Waals surface area (Å²) in [6, 6.07) is 24.3. The number of pyridine rings is 1. The maximum absolute atomic E-state index is 13.3. The Morgan fingerprint density at radius 2 is 1.57 bits per heavy atom. The van der Waals surface area contributed by atoms with Gasteiger partial charge >= 0.3 is 0 Å². The fraction of sp³-hybridized carbons (Fsp3) is 0.212. The predicted octanol–water partition coefficient (Wildman–Crippen LogP) is 7.04. The Morgan fingerprint density at radius 1 is 0.875 bits per heavy atom. The molecule has 6 rings (SSSR count). The summed E-state index contributed by atoms with van der Waals surface area (Å²) in [5.41, 5.74) is 9.25. The van der Waals surface area contributed by atoms with Crippen LogP contribution < -0.4 is 0 Å². The molecule has 1 fully saturated rings. The van der Waals surface area contributed by atoms with Gasteiger partial charge in [0.15, 0.2) is 0 Å². The molecule has 0 N–H and O–H groups in total. The van der Waals surface area contributed by atoms with Crippen LogP contribution in [0.1, 0.15) is 27.2 Å². The molecular formula is C33H30ClFN4O. The van der Waals surface area contributed by atoms with Crippen LogP contribution in [0.2, 0.25) is 5.02 Å². The van der Waals surface area contributed by atoms with Crippen molar-refractivity contribution in [1.29, 1.82) is 0 Å². The van der Waals surface area contributed by atoms with Crippen molar-refractivity contribution in [3.63, 3.8) is 0 Å². The molecule has 1 amide bonds. The highest BCUT2D eigenvalue weighted by Gasteiger charge is 2.25. The quantitative estimate of drug-likeness (QED) is 0.235. The minimum atomic E-state index is -0.341. The van der Waals surface area contributed by atoms with E-state index in [0.717, 1.165) is 41.3 Å². The molecule has 1 aliphatic rings. The number of fused-ring (bicyclic) bond motifs is 1. The maximum atomic E-state index is 13.3. The summed E-state index contributed by atoms with van der Waals surface area (Å²) in [7, 11) is 0. The van der Waals surface area contributed by atoms with E-state index in [2.05, 4.69) is 59.7 Å². The van der Waals surface area contributed by atoms with E-state index < -0.39 is 0 Å². The van der Waals surface area contributed by atoms with E-state index in [1.54, 1.807) is 12.1 Å². The van der Waals surface area contributed by atoms with Gasteiger partial charge in [0.1, 0.15) is 11.5 Å². The molecule has 0 aliphatic carbocycles. The first kappa shape index (κ1) is 26.2. The zero-order chi connectivity index (χ0) is 27.8. The van der Waals surface area contributed by atoms with Crippen molar-refractivity contribution in [3.8, 4) is 22.4 Å². The lowest BCUT2D eigenvalue weighted by Crippen LogP contribution is -2.48. The zero-order valence-corrected chi connectivity index (χ0v) is 23.3. The number of imidazole rings is 1. The number of halogens is 2. The molecule has 2 aromatic heterocycles. The molecule has 5 aromatic rings. The van der Waals surface area contributed by atoms with Crippen LogP contribution in [0.3, 0.4) is 0 Å². The summed E-state index contributed by atoms with van der Waals surface area (Å²) in [5, 5.41) is 0.688. The molecule has 0 unspecified atom stereocenters. The number of aromatic nitrogens is 2. The van der Waals surface area contributed by atoms with Crippen molar-refractivity contribution in [3.05, 3.63) is 118 Å². The van der Waals surface area contributed by atoms with Crippen LogP contribution in [0.5, 0.6) is 0 Å². The van der Waals surface area contributed by atoms with Crippen LogP contribution >= 0.6 is 11.6 Å². The molecule has 0 bridgehead atoms. The average Bonchev–Trinajstić information content (AvgIpc) is 3.32. The Labute approximate surface area is 238 Å². The minimum Gasteiger partial charge on any atom is -0.336 e. The molecule has 7 heteroatoms. The molecule has 202 valence electrons. The first-order valence-corrected chi connectivity index (χ1v) is 13.9. The molecule has 5 nitrogen and oxygen atoms in total. The first-order valence-electron chi connectivity index (χ1n) is 13.5. The van der Waals surface area contributed by atoms with Crippen LogP contribution in [-0.4, -0.2) is 51.3 Å². The predicted molar refractivity (Wildman–Crippen MR) is 158 cm³/mol. The van der Waals surface area contributed by atoms with E-state index in [9.17, 15) is 9.18 Å². The summed E-state index contributed by atoms with van der Waals surface area (Å²) < 4.78 is 15.5. The zero-order valence-electron chi connectivity index (χ0n) is 22.6. The summed E-state index contributed by atoms with van der Waals surface area (Å²) in [4.78, 5) is 22.2. The summed E-state index contributed by atoms with van der Waals surface area (Å²) in [6.45, 7) is 7.62. The Balaban J connectivity index is 1.31. The van der Waals surface area contributed by atoms with Gasteiger partial charge in [-0.15, -0.1) is 0 Å². The SMILES string of the molecule is Cc1ccc(C)c(-c2ccc3nc(-c4ccc(Cl)cc4)c(CN4CCN(C(=O)c5ccc(F)cc5)CC4)n3c2)c1. The van der Waals surface area contributed by atoms with Crippen LogP contribution in [0, 0.1) is 19.7 Å². The summed E-state index contributed by atoms with van der Waals surface area (Å²) in [6.07, 6.45) is 2.19. The smallest absolute Gasteiger partial charge is 0.253 e. The van der Waals surface area contributed by atoms with Crippen LogP contribution in [0.25, 0.3) is 28.0 Å². The normalized spacial score (nSPS) is 14.2. The van der Waals surface area contributed by atoms with E-state index in [-0.39, 0.29) is 11.7 Å². The third kappa shape index (κ3) is 5.25.